The van der Waals surface area contributed by atoms with E-state index < -0.39 is 11.6 Å². The van der Waals surface area contributed by atoms with Crippen LogP contribution in [0, 0.1) is 18.6 Å². The number of hydrogen-bond donors (Lipinski definition) is 0. The lowest BCUT2D eigenvalue weighted by atomic mass is 10.1. The van der Waals surface area contributed by atoms with Gasteiger partial charge in [-0.25, -0.2) is 18.7 Å². The van der Waals surface area contributed by atoms with Crippen LogP contribution in [-0.4, -0.2) is 9.97 Å². The topological polar surface area (TPSA) is 25.8 Å². The molecular weight excluding hydrogens is 317 g/mol. The minimum Gasteiger partial charge on any atom is -0.228 e. The van der Waals surface area contributed by atoms with Crippen LogP contribution in [0.25, 0.3) is 22.3 Å². The minimum absolute atomic E-state index is 0.0708. The molecule has 1 heterocycles. The SMILES string of the molecule is Cc1cc(-c2nc(Cl)c3cc(F)c(F)cc3n2)ccc1Cl. The largest absolute Gasteiger partial charge is 0.228 e. The maximum Gasteiger partial charge on any atom is 0.161 e. The lowest BCUT2D eigenvalue weighted by Gasteiger charge is -2.07. The standard InChI is InChI=1S/C15H8Cl2F2N2/c1-7-4-8(2-3-10(7)16)15-20-13-6-12(19)11(18)5-9(13)14(17)21-15/h2-6H,1H3. The Bertz CT molecular complexity index is 866. The summed E-state index contributed by atoms with van der Waals surface area (Å²) in [7, 11) is 0. The molecule has 0 radical (unpaired) electrons. The molecule has 0 unspecified atom stereocenters. The molecule has 0 aliphatic rings. The van der Waals surface area contributed by atoms with Gasteiger partial charge in [0, 0.05) is 22.0 Å². The third-order valence-electron chi connectivity index (χ3n) is 3.11. The number of benzene rings is 2. The molecule has 21 heavy (non-hydrogen) atoms. The van der Waals surface area contributed by atoms with Crippen molar-refractivity contribution in [3.8, 4) is 11.4 Å². The highest BCUT2D eigenvalue weighted by molar-refractivity contribution is 6.34. The van der Waals surface area contributed by atoms with E-state index in [4.69, 9.17) is 23.2 Å². The second-order valence-electron chi connectivity index (χ2n) is 4.59. The summed E-state index contributed by atoms with van der Waals surface area (Å²) in [6, 6.07) is 7.26. The Morgan fingerprint density at radius 1 is 0.952 bits per heavy atom. The first kappa shape index (κ1) is 14.2. The summed E-state index contributed by atoms with van der Waals surface area (Å²) < 4.78 is 26.6. The Kier molecular flexibility index (Phi) is 3.51. The van der Waals surface area contributed by atoms with Crippen molar-refractivity contribution in [1.29, 1.82) is 0 Å². The molecule has 3 rings (SSSR count). The zero-order valence-electron chi connectivity index (χ0n) is 10.8. The smallest absolute Gasteiger partial charge is 0.161 e. The summed E-state index contributed by atoms with van der Waals surface area (Å²) in [5.74, 6) is -1.63. The Morgan fingerprint density at radius 2 is 1.67 bits per heavy atom. The Labute approximate surface area is 129 Å². The molecule has 0 N–H and O–H groups in total. The Balaban J connectivity index is 2.24. The third-order valence-corrected chi connectivity index (χ3v) is 3.82. The number of rotatable bonds is 1. The predicted octanol–water partition coefficient (Wildman–Crippen LogP) is 5.19. The minimum atomic E-state index is -0.983. The molecule has 0 bridgehead atoms. The van der Waals surface area contributed by atoms with Crippen molar-refractivity contribution in [3.05, 3.63) is 57.7 Å². The number of fused-ring (bicyclic) bond motifs is 1. The van der Waals surface area contributed by atoms with Gasteiger partial charge in [0.1, 0.15) is 5.15 Å². The van der Waals surface area contributed by atoms with E-state index in [0.29, 0.717) is 16.4 Å². The van der Waals surface area contributed by atoms with E-state index in [1.807, 2.05) is 6.92 Å². The van der Waals surface area contributed by atoms with Crippen LogP contribution in [0.2, 0.25) is 10.2 Å². The van der Waals surface area contributed by atoms with Gasteiger partial charge >= 0.3 is 0 Å². The maximum absolute atomic E-state index is 13.3. The molecule has 0 saturated heterocycles. The number of nitrogens with zero attached hydrogens (tertiary/aromatic N) is 2. The normalized spacial score (nSPS) is 11.1. The highest BCUT2D eigenvalue weighted by Crippen LogP contribution is 2.28. The van der Waals surface area contributed by atoms with Gasteiger partial charge in [0.2, 0.25) is 0 Å². The fraction of sp³-hybridized carbons (Fsp3) is 0.0667. The third kappa shape index (κ3) is 2.57. The van der Waals surface area contributed by atoms with Crippen molar-refractivity contribution in [1.82, 2.24) is 9.97 Å². The van der Waals surface area contributed by atoms with E-state index in [9.17, 15) is 8.78 Å². The van der Waals surface area contributed by atoms with Crippen LogP contribution < -0.4 is 0 Å². The fourth-order valence-electron chi connectivity index (χ4n) is 2.00. The number of aromatic nitrogens is 2. The summed E-state index contributed by atoms with van der Waals surface area (Å²) in [6.07, 6.45) is 0. The van der Waals surface area contributed by atoms with Gasteiger partial charge in [-0.1, -0.05) is 23.2 Å². The van der Waals surface area contributed by atoms with Crippen LogP contribution in [-0.2, 0) is 0 Å². The first-order valence-electron chi connectivity index (χ1n) is 6.04. The second-order valence-corrected chi connectivity index (χ2v) is 5.35. The van der Waals surface area contributed by atoms with Crippen molar-refractivity contribution in [2.75, 3.05) is 0 Å². The Hall–Kier alpha value is -1.78. The van der Waals surface area contributed by atoms with Crippen LogP contribution in [0.4, 0.5) is 8.78 Å². The van der Waals surface area contributed by atoms with Gasteiger partial charge in [-0.2, -0.15) is 0 Å². The summed E-state index contributed by atoms with van der Waals surface area (Å²) in [5.41, 5.74) is 1.81. The lowest BCUT2D eigenvalue weighted by molar-refractivity contribution is 0.510. The van der Waals surface area contributed by atoms with E-state index in [-0.39, 0.29) is 16.1 Å². The maximum atomic E-state index is 13.3. The monoisotopic (exact) mass is 324 g/mol. The lowest BCUT2D eigenvalue weighted by Crippen LogP contribution is -1.95. The molecule has 1 aromatic heterocycles. The molecule has 0 amide bonds. The summed E-state index contributed by atoms with van der Waals surface area (Å²) >= 11 is 12.0. The summed E-state index contributed by atoms with van der Waals surface area (Å²) in [4.78, 5) is 8.37. The van der Waals surface area contributed by atoms with Gasteiger partial charge in [-0.15, -0.1) is 0 Å². The van der Waals surface area contributed by atoms with Gasteiger partial charge < -0.3 is 0 Å². The van der Waals surface area contributed by atoms with Gasteiger partial charge in [-0.05, 0) is 36.8 Å². The zero-order valence-corrected chi connectivity index (χ0v) is 12.3. The van der Waals surface area contributed by atoms with Crippen molar-refractivity contribution in [2.45, 2.75) is 6.92 Å². The highest BCUT2D eigenvalue weighted by Gasteiger charge is 2.12. The molecule has 0 saturated carbocycles. The molecule has 106 valence electrons. The molecular formula is C15H8Cl2F2N2. The highest BCUT2D eigenvalue weighted by atomic mass is 35.5. The van der Waals surface area contributed by atoms with Crippen LogP contribution in [0.5, 0.6) is 0 Å². The zero-order chi connectivity index (χ0) is 15.1. The quantitative estimate of drug-likeness (QED) is 0.575. The van der Waals surface area contributed by atoms with Crippen molar-refractivity contribution < 1.29 is 8.78 Å². The first-order chi connectivity index (χ1) is 9.95. The summed E-state index contributed by atoms with van der Waals surface area (Å²) in [6.45, 7) is 1.85. The average molecular weight is 325 g/mol. The second kappa shape index (κ2) is 5.20. The average Bonchev–Trinajstić information content (AvgIpc) is 2.44. The van der Waals surface area contributed by atoms with Gasteiger partial charge in [0.05, 0.1) is 5.52 Å². The van der Waals surface area contributed by atoms with E-state index >= 15 is 0 Å². The van der Waals surface area contributed by atoms with Crippen LogP contribution >= 0.6 is 23.2 Å². The number of halogens is 4. The molecule has 0 aliphatic heterocycles. The van der Waals surface area contributed by atoms with Crippen LogP contribution in [0.1, 0.15) is 5.56 Å². The molecule has 0 atom stereocenters. The predicted molar refractivity (Wildman–Crippen MR) is 79.6 cm³/mol. The van der Waals surface area contributed by atoms with Gasteiger partial charge in [-0.3, -0.25) is 0 Å². The molecule has 3 aromatic rings. The van der Waals surface area contributed by atoms with Gasteiger partial charge in [0.25, 0.3) is 0 Å². The number of hydrogen-bond acceptors (Lipinski definition) is 2. The van der Waals surface area contributed by atoms with Crippen molar-refractivity contribution >= 4 is 34.1 Å². The molecule has 2 nitrogen and oxygen atoms in total. The van der Waals surface area contributed by atoms with Gasteiger partial charge in [0.15, 0.2) is 17.5 Å². The molecule has 0 fully saturated rings. The van der Waals surface area contributed by atoms with E-state index in [0.717, 1.165) is 17.7 Å². The van der Waals surface area contributed by atoms with E-state index in [2.05, 4.69) is 9.97 Å². The first-order valence-corrected chi connectivity index (χ1v) is 6.80. The Morgan fingerprint density at radius 3 is 2.38 bits per heavy atom. The van der Waals surface area contributed by atoms with Crippen molar-refractivity contribution in [2.24, 2.45) is 0 Å². The van der Waals surface area contributed by atoms with Crippen molar-refractivity contribution in [3.63, 3.8) is 0 Å². The van der Waals surface area contributed by atoms with E-state index in [1.165, 1.54) is 0 Å². The molecule has 2 aromatic carbocycles. The van der Waals surface area contributed by atoms with Crippen LogP contribution in [0.15, 0.2) is 30.3 Å². The number of aryl methyl sites for hydroxylation is 1. The van der Waals surface area contributed by atoms with E-state index in [1.54, 1.807) is 18.2 Å². The molecule has 0 aliphatic carbocycles. The summed E-state index contributed by atoms with van der Waals surface area (Å²) in [5, 5.41) is 0.963. The fourth-order valence-corrected chi connectivity index (χ4v) is 2.35. The molecule has 0 spiro atoms. The molecule has 6 heteroatoms. The van der Waals surface area contributed by atoms with Crippen LogP contribution in [0.3, 0.4) is 0 Å².